The molecule has 0 aromatic carbocycles. The third kappa shape index (κ3) is 6.79. The molecule has 2 N–H and O–H groups in total. The van der Waals surface area contributed by atoms with Gasteiger partial charge in [0.05, 0.1) is 0 Å². The Hall–Kier alpha value is -0.0400. The first-order valence-corrected chi connectivity index (χ1v) is 7.28. The van der Waals surface area contributed by atoms with E-state index in [4.69, 9.17) is 4.74 Å². The zero-order valence-electron chi connectivity index (χ0n) is 12.6. The smallest absolute Gasteiger partial charge is 0.190 e. The van der Waals surface area contributed by atoms with Gasteiger partial charge in [-0.15, -0.1) is 24.0 Å². The number of hydrogen-bond acceptors (Lipinski definition) is 2. The molecule has 0 amide bonds. The van der Waals surface area contributed by atoms with Crippen molar-refractivity contribution in [1.82, 2.24) is 10.6 Å². The molecule has 0 spiro atoms. The lowest BCUT2D eigenvalue weighted by atomic mass is 9.67. The maximum atomic E-state index is 5.31. The second-order valence-electron chi connectivity index (χ2n) is 5.11. The van der Waals surface area contributed by atoms with Gasteiger partial charge >= 0.3 is 0 Å². The topological polar surface area (TPSA) is 45.6 Å². The van der Waals surface area contributed by atoms with Gasteiger partial charge in [0.15, 0.2) is 5.96 Å². The molecule has 1 fully saturated rings. The van der Waals surface area contributed by atoms with Crippen LogP contribution >= 0.6 is 24.0 Å². The maximum absolute atomic E-state index is 5.31. The summed E-state index contributed by atoms with van der Waals surface area (Å²) in [6.07, 6.45) is 6.39. The van der Waals surface area contributed by atoms with Crippen LogP contribution in [0.2, 0.25) is 0 Å². The van der Waals surface area contributed by atoms with Crippen molar-refractivity contribution in [3.63, 3.8) is 0 Å². The van der Waals surface area contributed by atoms with Gasteiger partial charge in [-0.2, -0.15) is 0 Å². The normalized spacial score (nSPS) is 17.3. The third-order valence-corrected chi connectivity index (χ3v) is 3.98. The van der Waals surface area contributed by atoms with Gasteiger partial charge in [-0.3, -0.25) is 4.99 Å². The molecular weight excluding hydrogens is 353 g/mol. The summed E-state index contributed by atoms with van der Waals surface area (Å²) in [5.41, 5.74) is 0.531. The quantitative estimate of drug-likeness (QED) is 0.293. The second-order valence-corrected chi connectivity index (χ2v) is 5.11. The molecule has 0 aromatic rings. The Labute approximate surface area is 135 Å². The lowest BCUT2D eigenvalue weighted by Gasteiger charge is -2.41. The minimum atomic E-state index is 0. The van der Waals surface area contributed by atoms with E-state index in [1.807, 2.05) is 14.0 Å². The summed E-state index contributed by atoms with van der Waals surface area (Å²) in [4.78, 5) is 4.26. The van der Waals surface area contributed by atoms with Crippen LogP contribution in [0.15, 0.2) is 4.99 Å². The number of aliphatic imine (C=N–C) groups is 1. The Balaban J connectivity index is 0.00000324. The molecule has 114 valence electrons. The van der Waals surface area contributed by atoms with Crippen molar-refractivity contribution in [2.75, 3.05) is 33.4 Å². The van der Waals surface area contributed by atoms with Crippen molar-refractivity contribution in [3.05, 3.63) is 0 Å². The van der Waals surface area contributed by atoms with Crippen molar-refractivity contribution in [2.45, 2.75) is 46.0 Å². The molecule has 1 aliphatic carbocycles. The van der Waals surface area contributed by atoms with Crippen LogP contribution in [-0.2, 0) is 4.74 Å². The van der Waals surface area contributed by atoms with E-state index in [9.17, 15) is 0 Å². The van der Waals surface area contributed by atoms with Crippen molar-refractivity contribution < 1.29 is 4.74 Å². The van der Waals surface area contributed by atoms with Crippen LogP contribution in [0.3, 0.4) is 0 Å². The number of nitrogens with one attached hydrogen (secondary N) is 2. The van der Waals surface area contributed by atoms with Crippen LogP contribution in [-0.4, -0.2) is 39.3 Å². The monoisotopic (exact) mass is 383 g/mol. The Morgan fingerprint density at radius 1 is 1.26 bits per heavy atom. The van der Waals surface area contributed by atoms with E-state index in [0.717, 1.165) is 38.7 Å². The number of halogens is 1. The lowest BCUT2D eigenvalue weighted by Crippen LogP contribution is -2.46. The summed E-state index contributed by atoms with van der Waals surface area (Å²) in [7, 11) is 1.83. The van der Waals surface area contributed by atoms with Gasteiger partial charge in [0.1, 0.15) is 0 Å². The van der Waals surface area contributed by atoms with Crippen LogP contribution in [0, 0.1) is 5.41 Å². The Bertz CT molecular complexity index is 250. The highest BCUT2D eigenvalue weighted by molar-refractivity contribution is 14.0. The summed E-state index contributed by atoms with van der Waals surface area (Å²) in [6.45, 7) is 7.90. The van der Waals surface area contributed by atoms with Gasteiger partial charge in [0.25, 0.3) is 0 Å². The molecule has 1 aliphatic rings. The molecule has 0 saturated heterocycles. The molecule has 0 bridgehead atoms. The SMILES string of the molecule is CCOCCCNC(=NC)NCC1(CC)CCC1.I. The van der Waals surface area contributed by atoms with Crippen LogP contribution < -0.4 is 10.6 Å². The minimum absolute atomic E-state index is 0. The molecular formula is C14H30IN3O. The van der Waals surface area contributed by atoms with E-state index in [2.05, 4.69) is 22.5 Å². The molecule has 0 heterocycles. The first-order valence-electron chi connectivity index (χ1n) is 7.28. The van der Waals surface area contributed by atoms with Gasteiger partial charge in [0.2, 0.25) is 0 Å². The highest BCUT2D eigenvalue weighted by Crippen LogP contribution is 2.42. The van der Waals surface area contributed by atoms with Gasteiger partial charge in [-0.25, -0.2) is 0 Å². The molecule has 4 nitrogen and oxygen atoms in total. The van der Waals surface area contributed by atoms with E-state index in [1.54, 1.807) is 0 Å². The number of nitrogens with zero attached hydrogens (tertiary/aromatic N) is 1. The number of hydrogen-bond donors (Lipinski definition) is 2. The van der Waals surface area contributed by atoms with E-state index in [-0.39, 0.29) is 24.0 Å². The molecule has 0 unspecified atom stereocenters. The van der Waals surface area contributed by atoms with Crippen LogP contribution in [0.25, 0.3) is 0 Å². The van der Waals surface area contributed by atoms with Gasteiger partial charge in [-0.1, -0.05) is 13.3 Å². The third-order valence-electron chi connectivity index (χ3n) is 3.98. The summed E-state index contributed by atoms with van der Waals surface area (Å²) >= 11 is 0. The van der Waals surface area contributed by atoms with Gasteiger partial charge < -0.3 is 15.4 Å². The molecule has 5 heteroatoms. The Kier molecular flexibility index (Phi) is 10.7. The molecule has 1 saturated carbocycles. The van der Waals surface area contributed by atoms with Crippen molar-refractivity contribution in [3.8, 4) is 0 Å². The summed E-state index contributed by atoms with van der Waals surface area (Å²) < 4.78 is 5.31. The second kappa shape index (κ2) is 10.7. The average Bonchev–Trinajstić information content (AvgIpc) is 2.35. The average molecular weight is 383 g/mol. The highest BCUT2D eigenvalue weighted by Gasteiger charge is 2.34. The fourth-order valence-electron chi connectivity index (χ4n) is 2.35. The zero-order valence-corrected chi connectivity index (χ0v) is 15.0. The van der Waals surface area contributed by atoms with Crippen molar-refractivity contribution in [1.29, 1.82) is 0 Å². The predicted octanol–water partition coefficient (Wildman–Crippen LogP) is 2.78. The molecule has 0 aromatic heterocycles. The van der Waals surface area contributed by atoms with E-state index in [1.165, 1.54) is 25.7 Å². The van der Waals surface area contributed by atoms with Crippen molar-refractivity contribution >= 4 is 29.9 Å². The summed E-state index contributed by atoms with van der Waals surface area (Å²) in [6, 6.07) is 0. The number of rotatable bonds is 8. The largest absolute Gasteiger partial charge is 0.382 e. The fourth-order valence-corrected chi connectivity index (χ4v) is 2.35. The Morgan fingerprint density at radius 2 is 2.00 bits per heavy atom. The van der Waals surface area contributed by atoms with E-state index in [0.29, 0.717) is 5.41 Å². The fraction of sp³-hybridized carbons (Fsp3) is 0.929. The van der Waals surface area contributed by atoms with Gasteiger partial charge in [-0.05, 0) is 38.0 Å². The standard InChI is InChI=1S/C14H29N3O.HI/c1-4-14(8-6-9-14)12-17-13(15-3)16-10-7-11-18-5-2;/h4-12H2,1-3H3,(H2,15,16,17);1H. The zero-order chi connectivity index (χ0) is 13.3. The van der Waals surface area contributed by atoms with Crippen LogP contribution in [0.1, 0.15) is 46.0 Å². The molecule has 19 heavy (non-hydrogen) atoms. The molecule has 0 radical (unpaired) electrons. The number of ether oxygens (including phenoxy) is 1. The first-order chi connectivity index (χ1) is 8.76. The number of guanidine groups is 1. The molecule has 0 aliphatic heterocycles. The van der Waals surface area contributed by atoms with Gasteiger partial charge in [0, 0.05) is 33.4 Å². The van der Waals surface area contributed by atoms with E-state index < -0.39 is 0 Å². The van der Waals surface area contributed by atoms with Crippen molar-refractivity contribution in [2.24, 2.45) is 10.4 Å². The molecule has 0 atom stereocenters. The maximum Gasteiger partial charge on any atom is 0.190 e. The highest BCUT2D eigenvalue weighted by atomic mass is 127. The van der Waals surface area contributed by atoms with Crippen LogP contribution in [0.4, 0.5) is 0 Å². The van der Waals surface area contributed by atoms with Crippen LogP contribution in [0.5, 0.6) is 0 Å². The van der Waals surface area contributed by atoms with E-state index >= 15 is 0 Å². The molecule has 1 rings (SSSR count). The predicted molar refractivity (Wildman–Crippen MR) is 92.5 cm³/mol. The summed E-state index contributed by atoms with van der Waals surface area (Å²) in [5, 5.41) is 6.78. The lowest BCUT2D eigenvalue weighted by molar-refractivity contribution is 0.131. The first kappa shape index (κ1) is 19.0. The summed E-state index contributed by atoms with van der Waals surface area (Å²) in [5.74, 6) is 0.922. The Morgan fingerprint density at radius 3 is 2.47 bits per heavy atom. The minimum Gasteiger partial charge on any atom is -0.382 e.